The smallest absolute Gasteiger partial charge is 0.262 e. The second-order valence-electron chi connectivity index (χ2n) is 2.67. The van der Waals surface area contributed by atoms with Crippen molar-refractivity contribution in [3.63, 3.8) is 0 Å². The van der Waals surface area contributed by atoms with Crippen LogP contribution in [0.1, 0.15) is 5.56 Å². The van der Waals surface area contributed by atoms with Gasteiger partial charge in [0.25, 0.3) is 9.05 Å². The average Bonchev–Trinajstić information content (AvgIpc) is 2.02. The predicted molar refractivity (Wildman–Crippen MR) is 58.5 cm³/mol. The lowest BCUT2D eigenvalue weighted by Crippen LogP contribution is -1.98. The fourth-order valence-electron chi connectivity index (χ4n) is 1.09. The molecule has 0 aliphatic heterocycles. The maximum Gasteiger partial charge on any atom is 0.262 e. The Morgan fingerprint density at radius 1 is 1.43 bits per heavy atom. The van der Waals surface area contributed by atoms with Crippen molar-refractivity contribution in [3.05, 3.63) is 22.2 Å². The molecule has 1 aromatic carbocycles. The Labute approximate surface area is 95.6 Å². The van der Waals surface area contributed by atoms with Gasteiger partial charge in [-0.3, -0.25) is 0 Å². The standard InChI is InChI=1S/C8H8BrClO3S/c1-5-3-4-6(13-2)7(9)8(5)14(10,11)12/h3-4H,1-2H3. The Morgan fingerprint density at radius 2 is 2.00 bits per heavy atom. The Kier molecular flexibility index (Phi) is 3.44. The van der Waals surface area contributed by atoms with E-state index >= 15 is 0 Å². The molecule has 14 heavy (non-hydrogen) atoms. The lowest BCUT2D eigenvalue weighted by Gasteiger charge is -2.08. The largest absolute Gasteiger partial charge is 0.496 e. The number of rotatable bonds is 2. The zero-order valence-corrected chi connectivity index (χ0v) is 10.7. The van der Waals surface area contributed by atoms with E-state index in [0.29, 0.717) is 15.8 Å². The van der Waals surface area contributed by atoms with E-state index in [9.17, 15) is 8.42 Å². The molecule has 0 unspecified atom stereocenters. The Morgan fingerprint density at radius 3 is 2.43 bits per heavy atom. The number of halogens is 2. The van der Waals surface area contributed by atoms with Gasteiger partial charge in [-0.15, -0.1) is 0 Å². The highest BCUT2D eigenvalue weighted by Gasteiger charge is 2.20. The third kappa shape index (κ3) is 2.21. The van der Waals surface area contributed by atoms with Crippen LogP contribution in [0.3, 0.4) is 0 Å². The summed E-state index contributed by atoms with van der Waals surface area (Å²) < 4.78 is 27.8. The molecule has 1 aromatic rings. The molecule has 0 heterocycles. The first-order valence-corrected chi connectivity index (χ1v) is 6.76. The second kappa shape index (κ2) is 4.08. The summed E-state index contributed by atoms with van der Waals surface area (Å²) in [5, 5.41) is 0. The molecule has 0 amide bonds. The molecule has 0 bridgehead atoms. The zero-order chi connectivity index (χ0) is 10.9. The first-order valence-electron chi connectivity index (χ1n) is 3.65. The summed E-state index contributed by atoms with van der Waals surface area (Å²) in [6.07, 6.45) is 0. The average molecular weight is 300 g/mol. The maximum absolute atomic E-state index is 11.2. The zero-order valence-electron chi connectivity index (χ0n) is 7.54. The molecule has 0 spiro atoms. The van der Waals surface area contributed by atoms with Crippen LogP contribution in [0.25, 0.3) is 0 Å². The number of benzene rings is 1. The molecule has 3 nitrogen and oxygen atoms in total. The summed E-state index contributed by atoms with van der Waals surface area (Å²) >= 11 is 3.14. The summed E-state index contributed by atoms with van der Waals surface area (Å²) in [5.41, 5.74) is 0.577. The summed E-state index contributed by atoms with van der Waals surface area (Å²) in [6.45, 7) is 1.67. The van der Waals surface area contributed by atoms with Crippen LogP contribution < -0.4 is 4.74 Å². The molecule has 1 rings (SSSR count). The van der Waals surface area contributed by atoms with Crippen molar-refractivity contribution in [2.75, 3.05) is 7.11 Å². The Bertz CT molecular complexity index is 456. The molecule has 0 saturated heterocycles. The summed E-state index contributed by atoms with van der Waals surface area (Å²) in [6, 6.07) is 3.31. The minimum absolute atomic E-state index is 0.0542. The molecule has 6 heteroatoms. The lowest BCUT2D eigenvalue weighted by molar-refractivity contribution is 0.410. The highest BCUT2D eigenvalue weighted by Crippen LogP contribution is 2.35. The fraction of sp³-hybridized carbons (Fsp3) is 0.250. The van der Waals surface area contributed by atoms with E-state index in [-0.39, 0.29) is 4.90 Å². The van der Waals surface area contributed by atoms with Crippen LogP contribution in [0.5, 0.6) is 5.75 Å². The van der Waals surface area contributed by atoms with E-state index in [2.05, 4.69) is 15.9 Å². The minimum Gasteiger partial charge on any atom is -0.496 e. The van der Waals surface area contributed by atoms with Gasteiger partial charge in [0.1, 0.15) is 10.6 Å². The van der Waals surface area contributed by atoms with Gasteiger partial charge in [0.2, 0.25) is 0 Å². The summed E-state index contributed by atoms with van der Waals surface area (Å²) in [5.74, 6) is 0.440. The van der Waals surface area contributed by atoms with Crippen LogP contribution in [0.15, 0.2) is 21.5 Å². The molecule has 0 aliphatic rings. The van der Waals surface area contributed by atoms with Gasteiger partial charge in [-0.25, -0.2) is 8.42 Å². The summed E-state index contributed by atoms with van der Waals surface area (Å²) in [4.78, 5) is 0.0542. The van der Waals surface area contributed by atoms with E-state index in [4.69, 9.17) is 15.4 Å². The van der Waals surface area contributed by atoms with Gasteiger partial charge in [0, 0.05) is 10.7 Å². The van der Waals surface area contributed by atoms with Crippen LogP contribution in [0, 0.1) is 6.92 Å². The van der Waals surface area contributed by atoms with E-state index in [1.54, 1.807) is 19.1 Å². The molecule has 0 fully saturated rings. The Balaban J connectivity index is 3.57. The van der Waals surface area contributed by atoms with Crippen molar-refractivity contribution in [2.45, 2.75) is 11.8 Å². The van der Waals surface area contributed by atoms with Crippen molar-refractivity contribution in [3.8, 4) is 5.75 Å². The minimum atomic E-state index is -3.75. The molecule has 0 saturated carbocycles. The van der Waals surface area contributed by atoms with Crippen LogP contribution in [0.2, 0.25) is 0 Å². The highest BCUT2D eigenvalue weighted by molar-refractivity contribution is 9.10. The molecule has 0 aliphatic carbocycles. The van der Waals surface area contributed by atoms with E-state index in [1.165, 1.54) is 7.11 Å². The Hall–Kier alpha value is -0.260. The number of hydrogen-bond donors (Lipinski definition) is 0. The van der Waals surface area contributed by atoms with Gasteiger partial charge in [0.05, 0.1) is 11.6 Å². The normalized spacial score (nSPS) is 11.4. The third-order valence-corrected chi connectivity index (χ3v) is 4.25. The van der Waals surface area contributed by atoms with Gasteiger partial charge in [-0.2, -0.15) is 0 Å². The topological polar surface area (TPSA) is 43.4 Å². The van der Waals surface area contributed by atoms with E-state index in [0.717, 1.165) is 0 Å². The second-order valence-corrected chi connectivity index (χ2v) is 5.96. The van der Waals surface area contributed by atoms with Gasteiger partial charge in [-0.1, -0.05) is 6.07 Å². The molecule has 0 N–H and O–H groups in total. The molecule has 0 radical (unpaired) electrons. The fourth-order valence-corrected chi connectivity index (χ4v) is 3.98. The van der Waals surface area contributed by atoms with Gasteiger partial charge < -0.3 is 4.74 Å². The number of hydrogen-bond acceptors (Lipinski definition) is 3. The van der Waals surface area contributed by atoms with Crippen LogP contribution in [-0.4, -0.2) is 15.5 Å². The maximum atomic E-state index is 11.2. The first-order chi connectivity index (χ1) is 6.38. The summed E-state index contributed by atoms with van der Waals surface area (Å²) in [7, 11) is 2.99. The molecule has 78 valence electrons. The molecule has 0 aromatic heterocycles. The molecular weight excluding hydrogens is 292 g/mol. The third-order valence-electron chi connectivity index (χ3n) is 1.72. The first kappa shape index (κ1) is 11.8. The molecular formula is C8H8BrClO3S. The van der Waals surface area contributed by atoms with Gasteiger partial charge in [-0.05, 0) is 34.5 Å². The van der Waals surface area contributed by atoms with Crippen molar-refractivity contribution >= 4 is 35.7 Å². The van der Waals surface area contributed by atoms with E-state index < -0.39 is 9.05 Å². The van der Waals surface area contributed by atoms with Gasteiger partial charge >= 0.3 is 0 Å². The lowest BCUT2D eigenvalue weighted by atomic mass is 10.2. The number of ether oxygens (including phenoxy) is 1. The predicted octanol–water partition coefficient (Wildman–Crippen LogP) is 2.69. The number of aryl methyl sites for hydroxylation is 1. The SMILES string of the molecule is COc1ccc(C)c(S(=O)(=O)Cl)c1Br. The highest BCUT2D eigenvalue weighted by atomic mass is 79.9. The van der Waals surface area contributed by atoms with Crippen molar-refractivity contribution in [1.29, 1.82) is 0 Å². The van der Waals surface area contributed by atoms with E-state index in [1.807, 2.05) is 0 Å². The van der Waals surface area contributed by atoms with Crippen molar-refractivity contribution < 1.29 is 13.2 Å². The monoisotopic (exact) mass is 298 g/mol. The van der Waals surface area contributed by atoms with Crippen LogP contribution in [0.4, 0.5) is 0 Å². The number of methoxy groups -OCH3 is 1. The van der Waals surface area contributed by atoms with Crippen LogP contribution in [-0.2, 0) is 9.05 Å². The molecule has 0 atom stereocenters. The van der Waals surface area contributed by atoms with Gasteiger partial charge in [0.15, 0.2) is 0 Å². The van der Waals surface area contributed by atoms with Crippen LogP contribution >= 0.6 is 26.6 Å². The quantitative estimate of drug-likeness (QED) is 0.789. The van der Waals surface area contributed by atoms with Crippen molar-refractivity contribution in [1.82, 2.24) is 0 Å². The van der Waals surface area contributed by atoms with Crippen molar-refractivity contribution in [2.24, 2.45) is 0 Å².